The first-order valence-electron chi connectivity index (χ1n) is 8.25. The average Bonchev–Trinajstić information content (AvgIpc) is 2.63. The zero-order chi connectivity index (χ0) is 19.2. The Kier molecular flexibility index (Phi) is 5.41. The fourth-order valence-corrected chi connectivity index (χ4v) is 2.38. The van der Waals surface area contributed by atoms with E-state index in [0.717, 1.165) is 11.4 Å². The molecule has 0 saturated heterocycles. The average molecular weight is 362 g/mol. The van der Waals surface area contributed by atoms with Gasteiger partial charge in [0, 0.05) is 35.6 Å². The number of esters is 1. The Morgan fingerprint density at radius 3 is 2.41 bits per heavy atom. The molecule has 0 radical (unpaired) electrons. The van der Waals surface area contributed by atoms with Crippen LogP contribution in [-0.4, -0.2) is 21.8 Å². The molecule has 1 aromatic heterocycles. The van der Waals surface area contributed by atoms with E-state index in [-0.39, 0.29) is 5.91 Å². The van der Waals surface area contributed by atoms with Crippen LogP contribution in [0.25, 0.3) is 0 Å². The normalized spacial score (nSPS) is 10.1. The summed E-state index contributed by atoms with van der Waals surface area (Å²) in [5.74, 6) is 0.294. The van der Waals surface area contributed by atoms with E-state index in [4.69, 9.17) is 4.74 Å². The van der Waals surface area contributed by atoms with Crippen molar-refractivity contribution in [3.63, 3.8) is 0 Å². The van der Waals surface area contributed by atoms with E-state index in [0.29, 0.717) is 22.8 Å². The Bertz CT molecular complexity index is 971. The van der Waals surface area contributed by atoms with E-state index in [2.05, 4.69) is 20.6 Å². The Hall–Kier alpha value is -3.74. The Labute approximate surface area is 156 Å². The summed E-state index contributed by atoms with van der Waals surface area (Å²) in [5, 5.41) is 5.98. The quantitative estimate of drug-likeness (QED) is 0.531. The van der Waals surface area contributed by atoms with Gasteiger partial charge in [-0.1, -0.05) is 6.07 Å². The molecule has 7 nitrogen and oxygen atoms in total. The van der Waals surface area contributed by atoms with Crippen LogP contribution in [0, 0.1) is 6.92 Å². The lowest BCUT2D eigenvalue weighted by molar-refractivity contribution is -0.131. The molecule has 27 heavy (non-hydrogen) atoms. The second kappa shape index (κ2) is 8.09. The van der Waals surface area contributed by atoms with Crippen molar-refractivity contribution in [1.29, 1.82) is 0 Å². The molecule has 2 N–H and O–H groups in total. The highest BCUT2D eigenvalue weighted by molar-refractivity contribution is 6.04. The van der Waals surface area contributed by atoms with Gasteiger partial charge in [0.2, 0.25) is 0 Å². The number of anilines is 3. The fraction of sp³-hybridized carbons (Fsp3) is 0.100. The minimum atomic E-state index is -0.436. The topological polar surface area (TPSA) is 93.2 Å². The van der Waals surface area contributed by atoms with Crippen molar-refractivity contribution >= 4 is 29.1 Å². The van der Waals surface area contributed by atoms with Crippen molar-refractivity contribution in [3.8, 4) is 5.75 Å². The minimum Gasteiger partial charge on any atom is -0.427 e. The summed E-state index contributed by atoms with van der Waals surface area (Å²) < 4.78 is 5.00. The van der Waals surface area contributed by atoms with Gasteiger partial charge in [0.1, 0.15) is 17.9 Å². The third kappa shape index (κ3) is 5.12. The van der Waals surface area contributed by atoms with Gasteiger partial charge in [0.25, 0.3) is 5.91 Å². The van der Waals surface area contributed by atoms with Gasteiger partial charge in [0.05, 0.1) is 0 Å². The molecule has 3 aromatic rings. The number of carbonyl (C=O) groups is 2. The lowest BCUT2D eigenvalue weighted by Gasteiger charge is -2.09. The van der Waals surface area contributed by atoms with Crippen molar-refractivity contribution in [3.05, 3.63) is 72.2 Å². The van der Waals surface area contributed by atoms with Crippen molar-refractivity contribution in [1.82, 2.24) is 9.97 Å². The number of ether oxygens (including phenoxy) is 1. The Morgan fingerprint density at radius 2 is 1.70 bits per heavy atom. The monoisotopic (exact) mass is 362 g/mol. The van der Waals surface area contributed by atoms with E-state index in [9.17, 15) is 9.59 Å². The zero-order valence-electron chi connectivity index (χ0n) is 14.9. The summed E-state index contributed by atoms with van der Waals surface area (Å²) in [6.45, 7) is 3.20. The molecule has 0 aliphatic heterocycles. The number of aryl methyl sites for hydroxylation is 1. The summed E-state index contributed by atoms with van der Waals surface area (Å²) in [5.41, 5.74) is 2.74. The maximum atomic E-state index is 12.4. The van der Waals surface area contributed by atoms with Crippen LogP contribution in [0.3, 0.4) is 0 Å². The smallest absolute Gasteiger partial charge is 0.308 e. The van der Waals surface area contributed by atoms with Gasteiger partial charge < -0.3 is 15.4 Å². The van der Waals surface area contributed by atoms with Gasteiger partial charge >= 0.3 is 5.97 Å². The molecule has 0 fully saturated rings. The second-order valence-electron chi connectivity index (χ2n) is 5.82. The predicted octanol–water partition coefficient (Wildman–Crippen LogP) is 3.71. The molecular weight excluding hydrogens is 344 g/mol. The molecule has 136 valence electrons. The van der Waals surface area contributed by atoms with Crippen molar-refractivity contribution in [2.24, 2.45) is 0 Å². The summed E-state index contributed by atoms with van der Waals surface area (Å²) in [7, 11) is 0. The molecule has 7 heteroatoms. The van der Waals surface area contributed by atoms with Gasteiger partial charge in [-0.3, -0.25) is 9.59 Å². The molecule has 0 bridgehead atoms. The number of hydrogen-bond donors (Lipinski definition) is 2. The maximum Gasteiger partial charge on any atom is 0.308 e. The number of carbonyl (C=O) groups excluding carboxylic acids is 2. The van der Waals surface area contributed by atoms with Crippen LogP contribution in [0.5, 0.6) is 5.75 Å². The van der Waals surface area contributed by atoms with Crippen LogP contribution < -0.4 is 15.4 Å². The number of aromatic nitrogens is 2. The highest BCUT2D eigenvalue weighted by Gasteiger charge is 2.08. The molecular formula is C20H18N4O3. The van der Waals surface area contributed by atoms with Crippen LogP contribution in [-0.2, 0) is 4.79 Å². The van der Waals surface area contributed by atoms with Gasteiger partial charge in [-0.05, 0) is 49.4 Å². The summed E-state index contributed by atoms with van der Waals surface area (Å²) in [6.07, 6.45) is 1.50. The lowest BCUT2D eigenvalue weighted by atomic mass is 10.2. The highest BCUT2D eigenvalue weighted by Crippen LogP contribution is 2.19. The Morgan fingerprint density at radius 1 is 0.963 bits per heavy atom. The van der Waals surface area contributed by atoms with E-state index >= 15 is 0 Å². The van der Waals surface area contributed by atoms with Crippen LogP contribution in [0.1, 0.15) is 23.0 Å². The van der Waals surface area contributed by atoms with E-state index in [1.165, 1.54) is 19.3 Å². The van der Waals surface area contributed by atoms with Gasteiger partial charge in [-0.2, -0.15) is 0 Å². The molecule has 1 amide bonds. The van der Waals surface area contributed by atoms with Gasteiger partial charge in [-0.15, -0.1) is 0 Å². The zero-order valence-corrected chi connectivity index (χ0v) is 14.9. The van der Waals surface area contributed by atoms with Crippen molar-refractivity contribution in [2.45, 2.75) is 13.8 Å². The Balaban J connectivity index is 1.65. The number of benzene rings is 2. The highest BCUT2D eigenvalue weighted by atomic mass is 16.5. The molecule has 0 saturated carbocycles. The minimum absolute atomic E-state index is 0.295. The maximum absolute atomic E-state index is 12.4. The first kappa shape index (κ1) is 18.1. The van der Waals surface area contributed by atoms with Crippen LogP contribution in [0.2, 0.25) is 0 Å². The lowest BCUT2D eigenvalue weighted by Crippen LogP contribution is -2.12. The van der Waals surface area contributed by atoms with E-state index < -0.39 is 5.97 Å². The van der Waals surface area contributed by atoms with Crippen molar-refractivity contribution < 1.29 is 14.3 Å². The molecule has 0 aliphatic carbocycles. The van der Waals surface area contributed by atoms with Crippen molar-refractivity contribution in [2.75, 3.05) is 10.6 Å². The number of amides is 1. The molecule has 1 heterocycles. The number of rotatable bonds is 5. The molecule has 0 spiro atoms. The summed E-state index contributed by atoms with van der Waals surface area (Å²) >= 11 is 0. The first-order valence-corrected chi connectivity index (χ1v) is 8.25. The van der Waals surface area contributed by atoms with Crippen LogP contribution >= 0.6 is 0 Å². The number of nitrogens with zero attached hydrogens (tertiary/aromatic N) is 2. The standard InChI is InChI=1S/C20H18N4O3/c1-13-10-19(22-12-21-13)23-16-6-8-17(9-7-16)24-20(26)15-4-3-5-18(11-15)27-14(2)25/h3-12H,1-2H3,(H,24,26)(H,21,22,23). The van der Waals surface area contributed by atoms with E-state index in [1.54, 1.807) is 30.3 Å². The van der Waals surface area contributed by atoms with Crippen LogP contribution in [0.15, 0.2) is 60.9 Å². The molecule has 0 aliphatic rings. The summed E-state index contributed by atoms with van der Waals surface area (Å²) in [4.78, 5) is 31.6. The van der Waals surface area contributed by atoms with Crippen LogP contribution in [0.4, 0.5) is 17.2 Å². The van der Waals surface area contributed by atoms with Gasteiger partial charge in [-0.25, -0.2) is 9.97 Å². The molecule has 0 atom stereocenters. The van der Waals surface area contributed by atoms with E-state index in [1.807, 2.05) is 25.1 Å². The largest absolute Gasteiger partial charge is 0.427 e. The summed E-state index contributed by atoms with van der Waals surface area (Å²) in [6, 6.07) is 15.5. The third-order valence-corrected chi connectivity index (χ3v) is 3.58. The molecule has 2 aromatic carbocycles. The molecule has 0 unspecified atom stereocenters. The van der Waals surface area contributed by atoms with Gasteiger partial charge in [0.15, 0.2) is 0 Å². The number of hydrogen-bond acceptors (Lipinski definition) is 6. The third-order valence-electron chi connectivity index (χ3n) is 3.58. The molecule has 3 rings (SSSR count). The fourth-order valence-electron chi connectivity index (χ4n) is 2.38. The second-order valence-corrected chi connectivity index (χ2v) is 5.82. The SMILES string of the molecule is CC(=O)Oc1cccc(C(=O)Nc2ccc(Nc3cc(C)ncn3)cc2)c1. The number of nitrogens with one attached hydrogen (secondary N) is 2. The predicted molar refractivity (Wildman–Crippen MR) is 102 cm³/mol. The first-order chi connectivity index (χ1) is 13.0.